The number of rotatable bonds is 9. The van der Waals surface area contributed by atoms with Crippen LogP contribution in [0.3, 0.4) is 0 Å². The third-order valence-electron chi connectivity index (χ3n) is 2.89. The molecule has 0 atom stereocenters. The number of hydrogen-bond donors (Lipinski definition) is 2. The fourth-order valence-corrected chi connectivity index (χ4v) is 2.72. The van der Waals surface area contributed by atoms with Gasteiger partial charge in [-0.15, -0.1) is 0 Å². The molecule has 0 unspecified atom stereocenters. The Hall–Kier alpha value is -1.48. The Balaban J connectivity index is 2.56. The molecule has 0 aromatic heterocycles. The summed E-state index contributed by atoms with van der Waals surface area (Å²) in [4.78, 5) is 13.3. The highest BCUT2D eigenvalue weighted by Crippen LogP contribution is 2.11. The topological polar surface area (TPSA) is 87.7 Å². The molecule has 0 saturated carbocycles. The lowest BCUT2D eigenvalue weighted by atomic mass is 10.2. The molecule has 0 fully saturated rings. The fourth-order valence-electron chi connectivity index (χ4n) is 1.69. The minimum absolute atomic E-state index is 0.139. The van der Waals surface area contributed by atoms with Crippen molar-refractivity contribution >= 4 is 15.9 Å². The van der Waals surface area contributed by atoms with E-state index in [0.717, 1.165) is 0 Å². The fraction of sp³-hybridized carbons (Fsp3) is 0.500. The molecule has 1 aromatic rings. The lowest BCUT2D eigenvalue weighted by molar-refractivity contribution is 0.0827. The number of carbonyl (C=O) groups excluding carboxylic acids is 1. The van der Waals surface area contributed by atoms with Crippen LogP contribution in [0.1, 0.15) is 10.4 Å². The molecule has 1 amide bonds. The van der Waals surface area contributed by atoms with Crippen molar-refractivity contribution in [2.45, 2.75) is 4.90 Å². The van der Waals surface area contributed by atoms with Crippen LogP contribution in [0.2, 0.25) is 0 Å². The van der Waals surface area contributed by atoms with Gasteiger partial charge in [0.15, 0.2) is 0 Å². The first-order valence-corrected chi connectivity index (χ1v) is 8.38. The summed E-state index contributed by atoms with van der Waals surface area (Å²) in [7, 11) is 1.33. The van der Waals surface area contributed by atoms with E-state index >= 15 is 0 Å². The van der Waals surface area contributed by atoms with Gasteiger partial charge >= 0.3 is 0 Å². The minimum atomic E-state index is -3.56. The SMILES string of the molecule is COCCNCCNS(=O)(=O)c1ccc(C(=O)N(C)C)cc1. The van der Waals surface area contributed by atoms with E-state index in [2.05, 4.69) is 10.0 Å². The van der Waals surface area contributed by atoms with Crippen molar-refractivity contribution in [3.05, 3.63) is 29.8 Å². The molecular formula is C14H23N3O4S. The van der Waals surface area contributed by atoms with Crippen molar-refractivity contribution in [1.82, 2.24) is 14.9 Å². The second kappa shape index (κ2) is 8.84. The van der Waals surface area contributed by atoms with Gasteiger partial charge in [-0.1, -0.05) is 0 Å². The maximum absolute atomic E-state index is 12.1. The zero-order chi connectivity index (χ0) is 16.6. The molecule has 0 bridgehead atoms. The van der Waals surface area contributed by atoms with Crippen LogP contribution in [-0.2, 0) is 14.8 Å². The second-order valence-corrected chi connectivity index (χ2v) is 6.63. The van der Waals surface area contributed by atoms with Crippen LogP contribution in [0.4, 0.5) is 0 Å². The Morgan fingerprint density at radius 3 is 2.32 bits per heavy atom. The molecule has 0 aliphatic rings. The Kier molecular flexibility index (Phi) is 7.46. The summed E-state index contributed by atoms with van der Waals surface area (Å²) in [5.41, 5.74) is 0.449. The number of benzene rings is 1. The van der Waals surface area contributed by atoms with Gasteiger partial charge in [0.2, 0.25) is 10.0 Å². The zero-order valence-electron chi connectivity index (χ0n) is 13.1. The Morgan fingerprint density at radius 2 is 1.77 bits per heavy atom. The standard InChI is InChI=1S/C14H23N3O4S/c1-17(2)14(18)12-4-6-13(7-5-12)22(19,20)16-9-8-15-10-11-21-3/h4-7,15-16H,8-11H2,1-3H3. The quantitative estimate of drug-likeness (QED) is 0.618. The molecule has 0 radical (unpaired) electrons. The van der Waals surface area contributed by atoms with Crippen LogP contribution in [0, 0.1) is 0 Å². The van der Waals surface area contributed by atoms with E-state index in [1.807, 2.05) is 0 Å². The van der Waals surface area contributed by atoms with Crippen molar-refractivity contribution < 1.29 is 17.9 Å². The van der Waals surface area contributed by atoms with E-state index in [4.69, 9.17) is 4.74 Å². The van der Waals surface area contributed by atoms with E-state index in [1.54, 1.807) is 21.2 Å². The van der Waals surface area contributed by atoms with Gasteiger partial charge in [0.05, 0.1) is 11.5 Å². The number of amides is 1. The van der Waals surface area contributed by atoms with E-state index in [9.17, 15) is 13.2 Å². The highest BCUT2D eigenvalue weighted by Gasteiger charge is 2.14. The minimum Gasteiger partial charge on any atom is -0.383 e. The maximum atomic E-state index is 12.1. The van der Waals surface area contributed by atoms with Crippen LogP contribution < -0.4 is 10.0 Å². The molecule has 124 valence electrons. The monoisotopic (exact) mass is 329 g/mol. The number of methoxy groups -OCH3 is 1. The molecule has 1 rings (SSSR count). The smallest absolute Gasteiger partial charge is 0.253 e. The van der Waals surface area contributed by atoms with Gasteiger partial charge in [-0.05, 0) is 24.3 Å². The summed E-state index contributed by atoms with van der Waals surface area (Å²) < 4.78 is 31.5. The summed E-state index contributed by atoms with van der Waals surface area (Å²) in [6.45, 7) is 2.04. The molecule has 0 aliphatic heterocycles. The van der Waals surface area contributed by atoms with Crippen molar-refractivity contribution in [3.8, 4) is 0 Å². The summed E-state index contributed by atoms with van der Waals surface area (Å²) in [5.74, 6) is -0.167. The number of sulfonamides is 1. The maximum Gasteiger partial charge on any atom is 0.253 e. The first-order valence-electron chi connectivity index (χ1n) is 6.89. The van der Waals surface area contributed by atoms with Crippen molar-refractivity contribution in [1.29, 1.82) is 0 Å². The molecule has 0 spiro atoms. The number of nitrogens with zero attached hydrogens (tertiary/aromatic N) is 1. The van der Waals surface area contributed by atoms with Crippen LogP contribution in [0.15, 0.2) is 29.2 Å². The highest BCUT2D eigenvalue weighted by molar-refractivity contribution is 7.89. The number of hydrogen-bond acceptors (Lipinski definition) is 5. The van der Waals surface area contributed by atoms with Crippen LogP contribution >= 0.6 is 0 Å². The highest BCUT2D eigenvalue weighted by atomic mass is 32.2. The summed E-state index contributed by atoms with van der Waals surface area (Å²) in [6.07, 6.45) is 0. The molecule has 0 aliphatic carbocycles. The van der Waals surface area contributed by atoms with Crippen molar-refractivity contribution in [2.75, 3.05) is 47.4 Å². The Morgan fingerprint density at radius 1 is 1.14 bits per heavy atom. The van der Waals surface area contributed by atoms with Gasteiger partial charge in [0.1, 0.15) is 0 Å². The molecule has 0 heterocycles. The van der Waals surface area contributed by atoms with Gasteiger partial charge in [-0.3, -0.25) is 4.79 Å². The summed E-state index contributed by atoms with van der Waals surface area (Å²) >= 11 is 0. The van der Waals surface area contributed by atoms with Crippen molar-refractivity contribution in [2.24, 2.45) is 0 Å². The molecule has 22 heavy (non-hydrogen) atoms. The average Bonchev–Trinajstić information content (AvgIpc) is 2.50. The van der Waals surface area contributed by atoms with E-state index < -0.39 is 10.0 Å². The number of ether oxygens (including phenoxy) is 1. The average molecular weight is 329 g/mol. The third kappa shape index (κ3) is 5.72. The number of nitrogens with one attached hydrogen (secondary N) is 2. The predicted octanol–water partition coefficient (Wildman–Crippen LogP) is -0.0973. The van der Waals surface area contributed by atoms with E-state index in [1.165, 1.54) is 29.2 Å². The molecular weight excluding hydrogens is 306 g/mol. The Bertz CT molecular complexity index is 570. The van der Waals surface area contributed by atoms with Gasteiger partial charge < -0.3 is 15.0 Å². The van der Waals surface area contributed by atoms with E-state index in [0.29, 0.717) is 25.3 Å². The second-order valence-electron chi connectivity index (χ2n) is 4.86. The third-order valence-corrected chi connectivity index (χ3v) is 4.37. The van der Waals surface area contributed by atoms with Gasteiger partial charge in [0.25, 0.3) is 5.91 Å². The summed E-state index contributed by atoms with van der Waals surface area (Å²) in [5, 5.41) is 3.04. The first-order chi connectivity index (χ1) is 10.4. The van der Waals surface area contributed by atoms with Gasteiger partial charge in [-0.2, -0.15) is 0 Å². The van der Waals surface area contributed by atoms with Crippen LogP contribution in [-0.4, -0.2) is 66.7 Å². The number of carbonyl (C=O) groups is 1. The lowest BCUT2D eigenvalue weighted by Gasteiger charge is -2.11. The lowest BCUT2D eigenvalue weighted by Crippen LogP contribution is -2.33. The van der Waals surface area contributed by atoms with Crippen LogP contribution in [0.5, 0.6) is 0 Å². The zero-order valence-corrected chi connectivity index (χ0v) is 13.9. The van der Waals surface area contributed by atoms with Crippen LogP contribution in [0.25, 0.3) is 0 Å². The largest absolute Gasteiger partial charge is 0.383 e. The Labute approximate surface area is 131 Å². The van der Waals surface area contributed by atoms with Gasteiger partial charge in [0, 0.05) is 46.4 Å². The van der Waals surface area contributed by atoms with Gasteiger partial charge in [-0.25, -0.2) is 13.1 Å². The molecule has 1 aromatic carbocycles. The van der Waals surface area contributed by atoms with Crippen molar-refractivity contribution in [3.63, 3.8) is 0 Å². The molecule has 0 saturated heterocycles. The molecule has 7 nitrogen and oxygen atoms in total. The summed E-state index contributed by atoms with van der Waals surface area (Å²) in [6, 6.07) is 5.87. The molecule has 8 heteroatoms. The molecule has 2 N–H and O–H groups in total. The normalized spacial score (nSPS) is 11.4. The predicted molar refractivity (Wildman–Crippen MR) is 84.4 cm³/mol. The van der Waals surface area contributed by atoms with E-state index in [-0.39, 0.29) is 17.3 Å². The first kappa shape index (κ1) is 18.6.